The number of rotatable bonds is 8. The zero-order valence-corrected chi connectivity index (χ0v) is 21.2. The van der Waals surface area contributed by atoms with Crippen molar-refractivity contribution in [2.45, 2.75) is 38.3 Å². The molecule has 0 saturated carbocycles. The van der Waals surface area contributed by atoms with Crippen molar-refractivity contribution in [3.05, 3.63) is 70.9 Å². The van der Waals surface area contributed by atoms with Gasteiger partial charge in [0.15, 0.2) is 17.5 Å². The van der Waals surface area contributed by atoms with Gasteiger partial charge >= 0.3 is 5.97 Å². The fourth-order valence-electron chi connectivity index (χ4n) is 5.09. The molecule has 1 aromatic heterocycles. The quantitative estimate of drug-likeness (QED) is 0.207. The lowest BCUT2D eigenvalue weighted by atomic mass is 9.71. The number of ether oxygens (including phenoxy) is 1. The fraction of sp³-hybridized carbons (Fsp3) is 0.379. The number of pyridine rings is 1. The standard InChI is InChI=1S/C29H27F5N2O3/c1-39-19-4-5-25-20(15-19)27(24(33)17-35-25)21(30)6-7-29(16-26(37)38)8-11-36(12-9-29)10-2-3-18-13-22(31)28(34)23(32)14-18/h4-5,13-15,17,21H,6-12,16H2,1H3,(H,37,38)/t21-/m0/s1. The summed E-state index contributed by atoms with van der Waals surface area (Å²) in [6.07, 6.45) is 0.248. The first kappa shape index (κ1) is 28.3. The summed E-state index contributed by atoms with van der Waals surface area (Å²) in [4.78, 5) is 17.7. The van der Waals surface area contributed by atoms with E-state index in [0.717, 1.165) is 18.3 Å². The number of methoxy groups -OCH3 is 1. The van der Waals surface area contributed by atoms with Crippen molar-refractivity contribution in [1.82, 2.24) is 9.88 Å². The van der Waals surface area contributed by atoms with E-state index in [1.54, 1.807) is 12.1 Å². The van der Waals surface area contributed by atoms with Crippen molar-refractivity contribution >= 4 is 16.9 Å². The number of alkyl halides is 1. The molecule has 1 aliphatic heterocycles. The van der Waals surface area contributed by atoms with Crippen molar-refractivity contribution in [3.8, 4) is 17.6 Å². The average molecular weight is 547 g/mol. The van der Waals surface area contributed by atoms with Gasteiger partial charge in [0, 0.05) is 16.5 Å². The molecule has 0 aliphatic carbocycles. The first-order chi connectivity index (χ1) is 18.6. The van der Waals surface area contributed by atoms with Gasteiger partial charge in [0.25, 0.3) is 0 Å². The van der Waals surface area contributed by atoms with E-state index in [9.17, 15) is 27.5 Å². The Kier molecular flexibility index (Phi) is 8.70. The highest BCUT2D eigenvalue weighted by Crippen LogP contribution is 2.43. The Morgan fingerprint density at radius 2 is 1.82 bits per heavy atom. The Bertz CT molecular complexity index is 1400. The third-order valence-corrected chi connectivity index (χ3v) is 7.27. The highest BCUT2D eigenvalue weighted by molar-refractivity contribution is 5.84. The summed E-state index contributed by atoms with van der Waals surface area (Å²) in [5, 5.41) is 9.86. The van der Waals surface area contributed by atoms with Gasteiger partial charge in [0.2, 0.25) is 0 Å². The molecular weight excluding hydrogens is 519 g/mol. The summed E-state index contributed by atoms with van der Waals surface area (Å²) in [5.74, 6) is -0.108. The average Bonchev–Trinajstić information content (AvgIpc) is 2.90. The molecule has 3 aromatic rings. The Morgan fingerprint density at radius 3 is 2.46 bits per heavy atom. The summed E-state index contributed by atoms with van der Waals surface area (Å²) in [6.45, 7) is 1.22. The molecule has 10 heteroatoms. The number of hydrogen-bond donors (Lipinski definition) is 1. The van der Waals surface area contributed by atoms with Crippen LogP contribution in [-0.2, 0) is 4.79 Å². The zero-order chi connectivity index (χ0) is 28.2. The lowest BCUT2D eigenvalue weighted by Gasteiger charge is -2.41. The Morgan fingerprint density at radius 1 is 1.13 bits per heavy atom. The molecule has 0 radical (unpaired) electrons. The van der Waals surface area contributed by atoms with E-state index >= 15 is 4.39 Å². The van der Waals surface area contributed by atoms with Crippen LogP contribution in [0.4, 0.5) is 22.0 Å². The van der Waals surface area contributed by atoms with Crippen LogP contribution < -0.4 is 4.74 Å². The third kappa shape index (κ3) is 6.66. The van der Waals surface area contributed by atoms with E-state index < -0.39 is 40.8 Å². The second-order valence-corrected chi connectivity index (χ2v) is 9.81. The van der Waals surface area contributed by atoms with Gasteiger partial charge in [-0.05, 0) is 74.5 Å². The molecule has 206 valence electrons. The molecule has 0 amide bonds. The molecule has 1 N–H and O–H groups in total. The summed E-state index contributed by atoms with van der Waals surface area (Å²) >= 11 is 0. The van der Waals surface area contributed by atoms with Crippen molar-refractivity contribution in [2.24, 2.45) is 5.41 Å². The van der Waals surface area contributed by atoms with Crippen LogP contribution in [0, 0.1) is 40.5 Å². The van der Waals surface area contributed by atoms with Gasteiger partial charge in [-0.2, -0.15) is 0 Å². The normalized spacial score (nSPS) is 15.9. The van der Waals surface area contributed by atoms with Crippen molar-refractivity contribution in [1.29, 1.82) is 0 Å². The van der Waals surface area contributed by atoms with Gasteiger partial charge in [-0.15, -0.1) is 0 Å². The molecule has 1 aliphatic rings. The largest absolute Gasteiger partial charge is 0.497 e. The second kappa shape index (κ2) is 12.0. The van der Waals surface area contributed by atoms with Crippen LogP contribution in [0.2, 0.25) is 0 Å². The highest BCUT2D eigenvalue weighted by atomic mass is 19.2. The van der Waals surface area contributed by atoms with Crippen LogP contribution >= 0.6 is 0 Å². The van der Waals surface area contributed by atoms with Crippen molar-refractivity contribution in [3.63, 3.8) is 0 Å². The molecule has 0 spiro atoms. The highest BCUT2D eigenvalue weighted by Gasteiger charge is 2.37. The van der Waals surface area contributed by atoms with Crippen molar-refractivity contribution in [2.75, 3.05) is 26.7 Å². The number of nitrogens with zero attached hydrogens (tertiary/aromatic N) is 2. The first-order valence-corrected chi connectivity index (χ1v) is 12.4. The maximum Gasteiger partial charge on any atom is 0.303 e. The van der Waals surface area contributed by atoms with Crippen molar-refractivity contribution < 1.29 is 36.6 Å². The van der Waals surface area contributed by atoms with Gasteiger partial charge in [0.05, 0.1) is 31.8 Å². The van der Waals surface area contributed by atoms with E-state index in [1.807, 2.05) is 4.90 Å². The van der Waals surface area contributed by atoms with Gasteiger partial charge in [-0.1, -0.05) is 11.8 Å². The minimum absolute atomic E-state index is 0.00566. The number of aliphatic carboxylic acids is 1. The predicted molar refractivity (Wildman–Crippen MR) is 135 cm³/mol. The molecule has 39 heavy (non-hydrogen) atoms. The van der Waals surface area contributed by atoms with E-state index in [1.165, 1.54) is 13.2 Å². The summed E-state index contributed by atoms with van der Waals surface area (Å²) < 4.78 is 75.3. The predicted octanol–water partition coefficient (Wildman–Crippen LogP) is 6.20. The number of likely N-dealkylation sites (tertiary alicyclic amines) is 1. The lowest BCUT2D eigenvalue weighted by molar-refractivity contribution is -0.141. The molecule has 2 aromatic carbocycles. The van der Waals surface area contributed by atoms with Crippen LogP contribution in [0.15, 0.2) is 36.5 Å². The molecule has 4 rings (SSSR count). The maximum absolute atomic E-state index is 15.5. The minimum atomic E-state index is -1.67. The number of halogens is 5. The Labute approximate surface area is 222 Å². The molecule has 1 atom stereocenters. The summed E-state index contributed by atoms with van der Waals surface area (Å²) in [6, 6.07) is 6.45. The summed E-state index contributed by atoms with van der Waals surface area (Å²) in [7, 11) is 1.45. The number of benzene rings is 2. The Balaban J connectivity index is 1.43. The molecule has 0 unspecified atom stereocenters. The van der Waals surface area contributed by atoms with Crippen LogP contribution in [0.5, 0.6) is 5.75 Å². The molecular formula is C29H27F5N2O3. The van der Waals surface area contributed by atoms with Gasteiger partial charge in [0.1, 0.15) is 17.7 Å². The number of hydrogen-bond acceptors (Lipinski definition) is 4. The smallest absolute Gasteiger partial charge is 0.303 e. The zero-order valence-electron chi connectivity index (χ0n) is 21.2. The van der Waals surface area contributed by atoms with Crippen LogP contribution in [0.3, 0.4) is 0 Å². The van der Waals surface area contributed by atoms with Gasteiger partial charge < -0.3 is 9.84 Å². The van der Waals surface area contributed by atoms with Crippen LogP contribution in [0.25, 0.3) is 10.9 Å². The van der Waals surface area contributed by atoms with Crippen LogP contribution in [-0.4, -0.2) is 47.7 Å². The minimum Gasteiger partial charge on any atom is -0.497 e. The van der Waals surface area contributed by atoms with E-state index in [0.29, 0.717) is 42.6 Å². The number of carboxylic acid groups (broad SMARTS) is 1. The van der Waals surface area contributed by atoms with E-state index in [4.69, 9.17) is 4.74 Å². The number of fused-ring (bicyclic) bond motifs is 1. The number of carbonyl (C=O) groups is 1. The molecule has 2 heterocycles. The van der Waals surface area contributed by atoms with Gasteiger partial charge in [-0.3, -0.25) is 14.7 Å². The lowest BCUT2D eigenvalue weighted by Crippen LogP contribution is -2.41. The molecule has 1 saturated heterocycles. The second-order valence-electron chi connectivity index (χ2n) is 9.81. The monoisotopic (exact) mass is 546 g/mol. The fourth-order valence-corrected chi connectivity index (χ4v) is 5.09. The number of aromatic nitrogens is 1. The maximum atomic E-state index is 15.5. The topological polar surface area (TPSA) is 62.7 Å². The number of piperidine rings is 1. The number of carboxylic acids is 1. The van der Waals surface area contributed by atoms with E-state index in [-0.39, 0.29) is 36.9 Å². The van der Waals surface area contributed by atoms with E-state index in [2.05, 4.69) is 16.8 Å². The van der Waals surface area contributed by atoms with Gasteiger partial charge in [-0.25, -0.2) is 22.0 Å². The first-order valence-electron chi connectivity index (χ1n) is 12.4. The summed E-state index contributed by atoms with van der Waals surface area (Å²) in [5.41, 5.74) is -0.368. The third-order valence-electron chi connectivity index (χ3n) is 7.27. The molecule has 1 fully saturated rings. The molecule has 0 bridgehead atoms. The Hall–Kier alpha value is -3.71. The molecule has 5 nitrogen and oxygen atoms in total. The SMILES string of the molecule is COc1ccc2ncc(F)c([C@@H](F)CCC3(CC(=O)O)CCN(CC#Cc4cc(F)c(F)c(F)c4)CC3)c2c1. The van der Waals surface area contributed by atoms with Crippen LogP contribution in [0.1, 0.15) is 49.4 Å².